The minimum atomic E-state index is -1.09. The topological polar surface area (TPSA) is 64.3 Å². The molecular formula is C14H14F2N2O2. The van der Waals surface area contributed by atoms with Gasteiger partial charge in [-0.3, -0.25) is 4.79 Å². The molecule has 20 heavy (non-hydrogen) atoms. The highest BCUT2D eigenvalue weighted by Crippen LogP contribution is 2.31. The maximum atomic E-state index is 13.7. The van der Waals surface area contributed by atoms with Crippen LogP contribution in [0.25, 0.3) is 0 Å². The Bertz CT molecular complexity index is 542. The molecule has 0 unspecified atom stereocenters. The number of nitrogens with zero attached hydrogens (tertiary/aromatic N) is 2. The van der Waals surface area contributed by atoms with Gasteiger partial charge in [-0.2, -0.15) is 5.26 Å². The molecule has 0 radical (unpaired) electrons. The molecular weight excluding hydrogens is 266 g/mol. The summed E-state index contributed by atoms with van der Waals surface area (Å²) in [4.78, 5) is 13.6. The second-order valence-corrected chi connectivity index (χ2v) is 4.88. The highest BCUT2D eigenvalue weighted by molar-refractivity contribution is 5.97. The fraction of sp³-hybridized carbons (Fsp3) is 0.429. The van der Waals surface area contributed by atoms with Crippen LogP contribution < -0.4 is 0 Å². The molecule has 1 N–H and O–H groups in total. The minimum Gasteiger partial charge on any atom is -0.507 e. The average molecular weight is 280 g/mol. The second kappa shape index (κ2) is 5.87. The molecule has 0 saturated heterocycles. The van der Waals surface area contributed by atoms with Crippen molar-refractivity contribution in [2.24, 2.45) is 5.92 Å². The number of hydrogen-bond acceptors (Lipinski definition) is 3. The normalized spacial score (nSPS) is 13.8. The van der Waals surface area contributed by atoms with Gasteiger partial charge in [0.05, 0.1) is 12.5 Å². The van der Waals surface area contributed by atoms with E-state index in [2.05, 4.69) is 0 Å². The standard InChI is InChI=1S/C14H14F2N2O2/c15-10-6-11(16)13(12(19)7-10)14(20)18(5-1-4-17)8-9-2-3-9/h6-7,9,19H,1-3,5,8H2. The summed E-state index contributed by atoms with van der Waals surface area (Å²) in [6.45, 7) is 0.596. The van der Waals surface area contributed by atoms with Crippen molar-refractivity contribution in [2.45, 2.75) is 19.3 Å². The molecule has 1 amide bonds. The molecule has 0 bridgehead atoms. The van der Waals surface area contributed by atoms with Crippen LogP contribution in [0.4, 0.5) is 8.78 Å². The molecule has 0 aromatic heterocycles. The lowest BCUT2D eigenvalue weighted by molar-refractivity contribution is 0.0743. The third-order valence-electron chi connectivity index (χ3n) is 3.20. The summed E-state index contributed by atoms with van der Waals surface area (Å²) in [6, 6.07) is 3.19. The molecule has 0 spiro atoms. The Morgan fingerprint density at radius 1 is 1.45 bits per heavy atom. The van der Waals surface area contributed by atoms with Crippen molar-refractivity contribution in [2.75, 3.05) is 13.1 Å². The Labute approximate surface area is 115 Å². The Hall–Kier alpha value is -2.16. The number of carbonyl (C=O) groups is 1. The van der Waals surface area contributed by atoms with Gasteiger partial charge in [-0.1, -0.05) is 0 Å². The van der Waals surface area contributed by atoms with E-state index in [1.807, 2.05) is 6.07 Å². The third kappa shape index (κ3) is 3.23. The number of phenolic OH excluding ortho intramolecular Hbond substituents is 1. The highest BCUT2D eigenvalue weighted by atomic mass is 19.1. The summed E-state index contributed by atoms with van der Waals surface area (Å²) in [5.41, 5.74) is -0.537. The SMILES string of the molecule is N#CCCN(CC1CC1)C(=O)c1c(O)cc(F)cc1F. The molecule has 2 rings (SSSR count). The van der Waals surface area contributed by atoms with Gasteiger partial charge in [0.1, 0.15) is 22.9 Å². The third-order valence-corrected chi connectivity index (χ3v) is 3.20. The molecule has 0 atom stereocenters. The summed E-state index contributed by atoms with van der Waals surface area (Å²) < 4.78 is 26.6. The van der Waals surface area contributed by atoms with E-state index in [0.29, 0.717) is 24.6 Å². The smallest absolute Gasteiger partial charge is 0.260 e. The first-order valence-electron chi connectivity index (χ1n) is 6.37. The molecule has 1 saturated carbocycles. The van der Waals surface area contributed by atoms with Gasteiger partial charge in [-0.25, -0.2) is 8.78 Å². The van der Waals surface area contributed by atoms with Crippen LogP contribution in [-0.2, 0) is 0 Å². The Balaban J connectivity index is 2.24. The van der Waals surface area contributed by atoms with Crippen molar-refractivity contribution in [1.29, 1.82) is 5.26 Å². The van der Waals surface area contributed by atoms with Crippen molar-refractivity contribution in [3.8, 4) is 11.8 Å². The van der Waals surface area contributed by atoms with Gasteiger partial charge >= 0.3 is 0 Å². The van der Waals surface area contributed by atoms with Gasteiger partial charge in [0.2, 0.25) is 0 Å². The van der Waals surface area contributed by atoms with E-state index in [0.717, 1.165) is 12.8 Å². The van der Waals surface area contributed by atoms with E-state index in [4.69, 9.17) is 5.26 Å². The first-order chi connectivity index (χ1) is 9.52. The lowest BCUT2D eigenvalue weighted by Gasteiger charge is -2.22. The highest BCUT2D eigenvalue weighted by Gasteiger charge is 2.29. The first-order valence-corrected chi connectivity index (χ1v) is 6.37. The fourth-order valence-electron chi connectivity index (χ4n) is 2.00. The van der Waals surface area contributed by atoms with Crippen LogP contribution in [0.2, 0.25) is 0 Å². The number of benzene rings is 1. The van der Waals surface area contributed by atoms with E-state index >= 15 is 0 Å². The number of carbonyl (C=O) groups excluding carboxylic acids is 1. The van der Waals surface area contributed by atoms with Crippen molar-refractivity contribution in [1.82, 2.24) is 4.90 Å². The number of rotatable bonds is 5. The molecule has 1 fully saturated rings. The summed E-state index contributed by atoms with van der Waals surface area (Å²) in [5.74, 6) is -3.09. The van der Waals surface area contributed by atoms with Crippen LogP contribution in [0.1, 0.15) is 29.6 Å². The second-order valence-electron chi connectivity index (χ2n) is 4.88. The van der Waals surface area contributed by atoms with Crippen LogP contribution in [0, 0.1) is 28.9 Å². The van der Waals surface area contributed by atoms with Crippen LogP contribution in [0.3, 0.4) is 0 Å². The van der Waals surface area contributed by atoms with Crippen molar-refractivity contribution < 1.29 is 18.7 Å². The Morgan fingerprint density at radius 3 is 2.70 bits per heavy atom. The van der Waals surface area contributed by atoms with Crippen molar-refractivity contribution in [3.63, 3.8) is 0 Å². The van der Waals surface area contributed by atoms with E-state index in [1.54, 1.807) is 0 Å². The number of aromatic hydroxyl groups is 1. The first kappa shape index (κ1) is 14.3. The molecule has 4 nitrogen and oxygen atoms in total. The van der Waals surface area contributed by atoms with Gasteiger partial charge in [0.15, 0.2) is 0 Å². The maximum absolute atomic E-state index is 13.7. The number of nitriles is 1. The predicted molar refractivity (Wildman–Crippen MR) is 66.9 cm³/mol. The van der Waals surface area contributed by atoms with Gasteiger partial charge in [0.25, 0.3) is 5.91 Å². The van der Waals surface area contributed by atoms with E-state index in [-0.39, 0.29) is 13.0 Å². The number of halogens is 2. The van der Waals surface area contributed by atoms with Gasteiger partial charge in [-0.05, 0) is 18.8 Å². The number of hydrogen-bond donors (Lipinski definition) is 1. The predicted octanol–water partition coefficient (Wildman–Crippen LogP) is 2.44. The fourth-order valence-corrected chi connectivity index (χ4v) is 2.00. The Kier molecular flexibility index (Phi) is 4.18. The summed E-state index contributed by atoms with van der Waals surface area (Å²) in [6.07, 6.45) is 2.12. The molecule has 1 aliphatic rings. The number of amides is 1. The molecule has 1 aromatic carbocycles. The zero-order chi connectivity index (χ0) is 14.7. The average Bonchev–Trinajstić information content (AvgIpc) is 3.16. The van der Waals surface area contributed by atoms with E-state index < -0.39 is 28.9 Å². The van der Waals surface area contributed by atoms with Crippen molar-refractivity contribution >= 4 is 5.91 Å². The van der Waals surface area contributed by atoms with Crippen LogP contribution in [0.15, 0.2) is 12.1 Å². The maximum Gasteiger partial charge on any atom is 0.260 e. The van der Waals surface area contributed by atoms with Gasteiger partial charge in [-0.15, -0.1) is 0 Å². The number of phenols is 1. The molecule has 0 heterocycles. The van der Waals surface area contributed by atoms with E-state index in [9.17, 15) is 18.7 Å². The van der Waals surface area contributed by atoms with Crippen LogP contribution in [-0.4, -0.2) is 29.0 Å². The molecule has 6 heteroatoms. The molecule has 0 aliphatic heterocycles. The van der Waals surface area contributed by atoms with Gasteiger partial charge in [0, 0.05) is 25.2 Å². The lowest BCUT2D eigenvalue weighted by Crippen LogP contribution is -2.34. The monoisotopic (exact) mass is 280 g/mol. The summed E-state index contributed by atoms with van der Waals surface area (Å²) in [5, 5.41) is 18.2. The van der Waals surface area contributed by atoms with Gasteiger partial charge < -0.3 is 10.0 Å². The largest absolute Gasteiger partial charge is 0.507 e. The zero-order valence-corrected chi connectivity index (χ0v) is 10.8. The molecule has 1 aliphatic carbocycles. The van der Waals surface area contributed by atoms with Crippen LogP contribution in [0.5, 0.6) is 5.75 Å². The minimum absolute atomic E-state index is 0.127. The summed E-state index contributed by atoms with van der Waals surface area (Å²) in [7, 11) is 0. The van der Waals surface area contributed by atoms with E-state index in [1.165, 1.54) is 4.90 Å². The zero-order valence-electron chi connectivity index (χ0n) is 10.8. The quantitative estimate of drug-likeness (QED) is 0.901. The Morgan fingerprint density at radius 2 is 2.15 bits per heavy atom. The molecule has 1 aromatic rings. The summed E-state index contributed by atoms with van der Waals surface area (Å²) >= 11 is 0. The lowest BCUT2D eigenvalue weighted by atomic mass is 10.1. The van der Waals surface area contributed by atoms with Crippen LogP contribution >= 0.6 is 0 Å². The van der Waals surface area contributed by atoms with Crippen molar-refractivity contribution in [3.05, 3.63) is 29.3 Å². The molecule has 106 valence electrons.